The first-order valence-corrected chi connectivity index (χ1v) is 7.56. The van der Waals surface area contributed by atoms with Gasteiger partial charge in [0.1, 0.15) is 5.82 Å². The minimum Gasteiger partial charge on any atom is -0.354 e. The van der Waals surface area contributed by atoms with Gasteiger partial charge in [-0.15, -0.1) is 0 Å². The van der Waals surface area contributed by atoms with E-state index < -0.39 is 0 Å². The van der Waals surface area contributed by atoms with Crippen LogP contribution in [0.15, 0.2) is 30.3 Å². The van der Waals surface area contributed by atoms with Gasteiger partial charge in [-0.05, 0) is 44.2 Å². The molecule has 1 aliphatic rings. The molecule has 1 aromatic carbocycles. The second-order valence-corrected chi connectivity index (χ2v) is 6.06. The Labute approximate surface area is 125 Å². The number of rotatable bonds is 2. The van der Waals surface area contributed by atoms with E-state index in [1.165, 1.54) is 0 Å². The van der Waals surface area contributed by atoms with E-state index in [1.54, 1.807) is 0 Å². The summed E-state index contributed by atoms with van der Waals surface area (Å²) in [6.45, 7) is 8.83. The third-order valence-corrected chi connectivity index (χ3v) is 4.24. The summed E-state index contributed by atoms with van der Waals surface area (Å²) >= 11 is 6.01. The molecular formula is C16H20ClN3. The number of halogens is 1. The molecule has 0 radical (unpaired) electrons. The third-order valence-electron chi connectivity index (χ3n) is 4.01. The van der Waals surface area contributed by atoms with Crippen LogP contribution in [-0.4, -0.2) is 42.1 Å². The molecule has 0 spiro atoms. The molecule has 3 nitrogen and oxygen atoms in total. The van der Waals surface area contributed by atoms with E-state index in [2.05, 4.69) is 35.8 Å². The first kappa shape index (κ1) is 13.7. The summed E-state index contributed by atoms with van der Waals surface area (Å²) < 4.78 is 0. The summed E-state index contributed by atoms with van der Waals surface area (Å²) in [5, 5.41) is 1.86. The molecule has 0 atom stereocenters. The van der Waals surface area contributed by atoms with Crippen molar-refractivity contribution in [2.75, 3.05) is 31.1 Å². The maximum Gasteiger partial charge on any atom is 0.129 e. The second kappa shape index (κ2) is 5.58. The number of aromatic nitrogens is 1. The summed E-state index contributed by atoms with van der Waals surface area (Å²) in [7, 11) is 0. The first-order valence-electron chi connectivity index (χ1n) is 7.19. The molecule has 2 aromatic rings. The molecule has 0 aliphatic carbocycles. The Bertz CT molecular complexity index is 604. The van der Waals surface area contributed by atoms with Gasteiger partial charge in [0.05, 0.1) is 5.52 Å². The molecule has 1 aromatic heterocycles. The lowest BCUT2D eigenvalue weighted by atomic mass is 10.2. The Morgan fingerprint density at radius 2 is 1.80 bits per heavy atom. The number of anilines is 1. The van der Waals surface area contributed by atoms with Crippen molar-refractivity contribution in [1.29, 1.82) is 0 Å². The van der Waals surface area contributed by atoms with Gasteiger partial charge < -0.3 is 4.90 Å². The Morgan fingerprint density at radius 3 is 2.50 bits per heavy atom. The van der Waals surface area contributed by atoms with Crippen LogP contribution < -0.4 is 4.90 Å². The van der Waals surface area contributed by atoms with E-state index in [-0.39, 0.29) is 0 Å². The molecule has 20 heavy (non-hydrogen) atoms. The van der Waals surface area contributed by atoms with Crippen LogP contribution >= 0.6 is 11.6 Å². The molecule has 0 amide bonds. The number of fused-ring (bicyclic) bond motifs is 1. The van der Waals surface area contributed by atoms with Crippen LogP contribution in [0, 0.1) is 0 Å². The van der Waals surface area contributed by atoms with Gasteiger partial charge in [0, 0.05) is 42.6 Å². The molecule has 0 bridgehead atoms. The van der Waals surface area contributed by atoms with Gasteiger partial charge in [-0.1, -0.05) is 11.6 Å². The van der Waals surface area contributed by atoms with Gasteiger partial charge in [0.15, 0.2) is 0 Å². The predicted octanol–water partition coefficient (Wildman–Crippen LogP) is 3.42. The molecule has 1 saturated heterocycles. The van der Waals surface area contributed by atoms with Crippen LogP contribution in [0.2, 0.25) is 5.02 Å². The number of piperazine rings is 1. The maximum atomic E-state index is 6.01. The second-order valence-electron chi connectivity index (χ2n) is 5.62. The van der Waals surface area contributed by atoms with Crippen LogP contribution in [0.5, 0.6) is 0 Å². The summed E-state index contributed by atoms with van der Waals surface area (Å²) in [6.07, 6.45) is 0. The van der Waals surface area contributed by atoms with Crippen LogP contribution in [0.25, 0.3) is 10.9 Å². The smallest absolute Gasteiger partial charge is 0.129 e. The Hall–Kier alpha value is -1.32. The molecular weight excluding hydrogens is 270 g/mol. The number of hydrogen-bond donors (Lipinski definition) is 0. The standard InChI is InChI=1S/C16H20ClN3/c1-12(2)19-7-9-20(10-8-19)16-6-3-13-11-14(17)4-5-15(13)18-16/h3-6,11-12H,7-10H2,1-2H3. The average molecular weight is 290 g/mol. The number of hydrogen-bond acceptors (Lipinski definition) is 3. The fourth-order valence-corrected chi connectivity index (χ4v) is 2.91. The number of pyridine rings is 1. The highest BCUT2D eigenvalue weighted by Crippen LogP contribution is 2.22. The van der Waals surface area contributed by atoms with E-state index >= 15 is 0 Å². The quantitative estimate of drug-likeness (QED) is 0.844. The van der Waals surface area contributed by atoms with E-state index in [9.17, 15) is 0 Å². The molecule has 0 N–H and O–H groups in total. The van der Waals surface area contributed by atoms with E-state index in [0.717, 1.165) is 47.9 Å². The Kier molecular flexibility index (Phi) is 3.81. The van der Waals surface area contributed by atoms with Crippen molar-refractivity contribution in [2.24, 2.45) is 0 Å². The van der Waals surface area contributed by atoms with Crippen LogP contribution in [0.1, 0.15) is 13.8 Å². The average Bonchev–Trinajstić information content (AvgIpc) is 2.47. The largest absolute Gasteiger partial charge is 0.354 e. The summed E-state index contributed by atoms with van der Waals surface area (Å²) in [5.41, 5.74) is 1.01. The Morgan fingerprint density at radius 1 is 1.05 bits per heavy atom. The lowest BCUT2D eigenvalue weighted by Gasteiger charge is -2.37. The molecule has 3 rings (SSSR count). The minimum absolute atomic E-state index is 0.629. The zero-order chi connectivity index (χ0) is 14.1. The van der Waals surface area contributed by atoms with Crippen LogP contribution in [-0.2, 0) is 0 Å². The van der Waals surface area contributed by atoms with Crippen molar-refractivity contribution in [3.8, 4) is 0 Å². The summed E-state index contributed by atoms with van der Waals surface area (Å²) in [5.74, 6) is 1.07. The monoisotopic (exact) mass is 289 g/mol. The highest BCUT2D eigenvalue weighted by atomic mass is 35.5. The van der Waals surface area contributed by atoms with Crippen molar-refractivity contribution < 1.29 is 0 Å². The first-order chi connectivity index (χ1) is 9.63. The van der Waals surface area contributed by atoms with Gasteiger partial charge in [0.25, 0.3) is 0 Å². The SMILES string of the molecule is CC(C)N1CCN(c2ccc3cc(Cl)ccc3n2)CC1. The zero-order valence-corrected chi connectivity index (χ0v) is 12.8. The van der Waals surface area contributed by atoms with E-state index in [0.29, 0.717) is 6.04 Å². The highest BCUT2D eigenvalue weighted by molar-refractivity contribution is 6.31. The molecule has 4 heteroatoms. The number of nitrogens with zero attached hydrogens (tertiary/aromatic N) is 3. The van der Waals surface area contributed by atoms with E-state index in [4.69, 9.17) is 16.6 Å². The Balaban J connectivity index is 1.79. The number of benzene rings is 1. The maximum absolute atomic E-state index is 6.01. The molecule has 0 unspecified atom stereocenters. The van der Waals surface area contributed by atoms with Crippen molar-refractivity contribution in [3.63, 3.8) is 0 Å². The van der Waals surface area contributed by atoms with E-state index in [1.807, 2.05) is 18.2 Å². The molecule has 106 valence electrons. The lowest BCUT2D eigenvalue weighted by Crippen LogP contribution is -2.49. The summed E-state index contributed by atoms with van der Waals surface area (Å²) in [4.78, 5) is 9.64. The lowest BCUT2D eigenvalue weighted by molar-refractivity contribution is 0.209. The van der Waals surface area contributed by atoms with Gasteiger partial charge in [-0.3, -0.25) is 4.90 Å². The minimum atomic E-state index is 0.629. The van der Waals surface area contributed by atoms with Gasteiger partial charge >= 0.3 is 0 Å². The third kappa shape index (κ3) is 2.74. The molecule has 0 saturated carbocycles. The molecule has 1 aliphatic heterocycles. The van der Waals surface area contributed by atoms with Gasteiger partial charge in [-0.2, -0.15) is 0 Å². The normalized spacial score (nSPS) is 17.1. The van der Waals surface area contributed by atoms with Crippen LogP contribution in [0.3, 0.4) is 0 Å². The topological polar surface area (TPSA) is 19.4 Å². The molecule has 1 fully saturated rings. The fraction of sp³-hybridized carbons (Fsp3) is 0.438. The highest BCUT2D eigenvalue weighted by Gasteiger charge is 2.19. The van der Waals surface area contributed by atoms with Crippen molar-refractivity contribution >= 4 is 28.3 Å². The predicted molar refractivity (Wildman–Crippen MR) is 85.7 cm³/mol. The van der Waals surface area contributed by atoms with Gasteiger partial charge in [-0.25, -0.2) is 4.98 Å². The van der Waals surface area contributed by atoms with Gasteiger partial charge in [0.2, 0.25) is 0 Å². The van der Waals surface area contributed by atoms with Crippen molar-refractivity contribution in [3.05, 3.63) is 35.4 Å². The van der Waals surface area contributed by atoms with Crippen LogP contribution in [0.4, 0.5) is 5.82 Å². The van der Waals surface area contributed by atoms with Crippen molar-refractivity contribution in [1.82, 2.24) is 9.88 Å². The zero-order valence-electron chi connectivity index (χ0n) is 12.0. The van der Waals surface area contributed by atoms with Crippen molar-refractivity contribution in [2.45, 2.75) is 19.9 Å². The molecule has 2 heterocycles. The summed E-state index contributed by atoms with van der Waals surface area (Å²) in [6, 6.07) is 10.7. The fourth-order valence-electron chi connectivity index (χ4n) is 2.73.